The minimum atomic E-state index is 0.333. The first kappa shape index (κ1) is 21.5. The fourth-order valence-electron chi connectivity index (χ4n) is 3.28. The molecular weight excluding hydrogens is 376 g/mol. The highest BCUT2D eigenvalue weighted by atomic mass is 16.5. The maximum Gasteiger partial charge on any atom is 0.161 e. The number of nitrogens with one attached hydrogen (secondary N) is 2. The van der Waals surface area contributed by atoms with E-state index in [-0.39, 0.29) is 0 Å². The van der Waals surface area contributed by atoms with Crippen molar-refractivity contribution in [2.75, 3.05) is 26.8 Å². The van der Waals surface area contributed by atoms with Crippen LogP contribution in [0.3, 0.4) is 0 Å². The van der Waals surface area contributed by atoms with Gasteiger partial charge in [-0.3, -0.25) is 0 Å². The third-order valence-electron chi connectivity index (χ3n) is 4.82. The lowest BCUT2D eigenvalue weighted by Gasteiger charge is -2.10. The van der Waals surface area contributed by atoms with E-state index in [4.69, 9.17) is 9.47 Å². The molecule has 0 aliphatic rings. The summed E-state index contributed by atoms with van der Waals surface area (Å²) in [4.78, 5) is 3.26. The van der Waals surface area contributed by atoms with Crippen molar-refractivity contribution in [2.45, 2.75) is 19.8 Å². The maximum atomic E-state index is 9.74. The van der Waals surface area contributed by atoms with Gasteiger partial charge in [0, 0.05) is 22.8 Å². The van der Waals surface area contributed by atoms with Crippen LogP contribution in [0.25, 0.3) is 21.8 Å². The zero-order valence-corrected chi connectivity index (χ0v) is 17.7. The van der Waals surface area contributed by atoms with Gasteiger partial charge in [-0.1, -0.05) is 49.7 Å². The second-order valence-electron chi connectivity index (χ2n) is 6.97. The van der Waals surface area contributed by atoms with Gasteiger partial charge in [0.1, 0.15) is 12.4 Å². The third kappa shape index (κ3) is 5.45. The molecule has 1 heterocycles. The van der Waals surface area contributed by atoms with Gasteiger partial charge in [0.05, 0.1) is 12.6 Å². The Morgan fingerprint density at radius 1 is 0.867 bits per heavy atom. The smallest absolute Gasteiger partial charge is 0.161 e. The Labute approximate surface area is 177 Å². The molecule has 0 radical (unpaired) electrons. The standard InChI is InChI=1S/C13H21NO2.C12H9NO/c1-3-4-9-14-10-11-16-13-8-6-5-7-12(13)15-2;14-11-7-3-6-10-12(11)8-4-1-2-5-9(8)13-10/h5-8,14H,3-4,9-11H2,1-2H3;1-7,13-14H. The van der Waals surface area contributed by atoms with Crippen LogP contribution >= 0.6 is 0 Å². The predicted octanol–water partition coefficient (Wildman–Crippen LogP) is 5.49. The molecule has 0 atom stereocenters. The fourth-order valence-corrected chi connectivity index (χ4v) is 3.28. The summed E-state index contributed by atoms with van der Waals surface area (Å²) in [7, 11) is 1.65. The van der Waals surface area contributed by atoms with Gasteiger partial charge < -0.3 is 24.9 Å². The van der Waals surface area contributed by atoms with Gasteiger partial charge in [-0.15, -0.1) is 0 Å². The molecule has 4 rings (SSSR count). The molecule has 1 aromatic heterocycles. The number of aromatic hydroxyl groups is 1. The number of hydrogen-bond acceptors (Lipinski definition) is 4. The minimum absolute atomic E-state index is 0.333. The van der Waals surface area contributed by atoms with Crippen LogP contribution in [-0.4, -0.2) is 36.9 Å². The molecule has 0 aliphatic carbocycles. The Hall–Kier alpha value is -3.18. The van der Waals surface area contributed by atoms with E-state index in [1.807, 2.05) is 60.7 Å². The van der Waals surface area contributed by atoms with Crippen LogP contribution in [0.2, 0.25) is 0 Å². The number of aromatic nitrogens is 1. The number of ether oxygens (including phenoxy) is 2. The molecule has 0 saturated heterocycles. The van der Waals surface area contributed by atoms with Crippen LogP contribution in [0.15, 0.2) is 66.7 Å². The van der Waals surface area contributed by atoms with Gasteiger partial charge in [0.2, 0.25) is 0 Å². The van der Waals surface area contributed by atoms with Crippen LogP contribution in [-0.2, 0) is 0 Å². The molecule has 3 N–H and O–H groups in total. The van der Waals surface area contributed by atoms with Gasteiger partial charge in [0.15, 0.2) is 11.5 Å². The van der Waals surface area contributed by atoms with Gasteiger partial charge in [-0.05, 0) is 43.3 Å². The Bertz CT molecular complexity index is 1060. The van der Waals surface area contributed by atoms with Crippen molar-refractivity contribution in [3.63, 3.8) is 0 Å². The Kier molecular flexibility index (Phi) is 7.98. The summed E-state index contributed by atoms with van der Waals surface area (Å²) < 4.78 is 10.8. The van der Waals surface area contributed by atoms with Crippen molar-refractivity contribution < 1.29 is 14.6 Å². The van der Waals surface area contributed by atoms with E-state index < -0.39 is 0 Å². The topological polar surface area (TPSA) is 66.5 Å². The average Bonchev–Trinajstić information content (AvgIpc) is 3.17. The molecule has 0 bridgehead atoms. The molecule has 0 saturated carbocycles. The minimum Gasteiger partial charge on any atom is -0.507 e. The number of phenolic OH excluding ortho intramolecular Hbond substituents is 1. The largest absolute Gasteiger partial charge is 0.507 e. The molecule has 30 heavy (non-hydrogen) atoms. The third-order valence-corrected chi connectivity index (χ3v) is 4.82. The molecule has 3 aromatic carbocycles. The number of aromatic amines is 1. The van der Waals surface area contributed by atoms with Crippen LogP contribution < -0.4 is 14.8 Å². The summed E-state index contributed by atoms with van der Waals surface area (Å²) in [5, 5.41) is 15.0. The molecule has 0 fully saturated rings. The second-order valence-corrected chi connectivity index (χ2v) is 6.97. The summed E-state index contributed by atoms with van der Waals surface area (Å²) in [6.07, 6.45) is 2.44. The number of rotatable bonds is 8. The quantitative estimate of drug-likeness (QED) is 0.339. The second kappa shape index (κ2) is 11.1. The van der Waals surface area contributed by atoms with Crippen molar-refractivity contribution in [1.29, 1.82) is 0 Å². The predicted molar refractivity (Wildman–Crippen MR) is 124 cm³/mol. The van der Waals surface area contributed by atoms with E-state index >= 15 is 0 Å². The first-order valence-electron chi connectivity index (χ1n) is 10.4. The van der Waals surface area contributed by atoms with E-state index in [0.717, 1.165) is 46.4 Å². The summed E-state index contributed by atoms with van der Waals surface area (Å²) in [5.74, 6) is 1.93. The summed E-state index contributed by atoms with van der Waals surface area (Å²) >= 11 is 0. The van der Waals surface area contributed by atoms with Gasteiger partial charge in [-0.2, -0.15) is 0 Å². The maximum absolute atomic E-state index is 9.74. The van der Waals surface area contributed by atoms with E-state index in [2.05, 4.69) is 17.2 Å². The summed E-state index contributed by atoms with van der Waals surface area (Å²) in [6, 6.07) is 21.2. The Balaban J connectivity index is 0.000000171. The molecule has 4 aromatic rings. The fraction of sp³-hybridized carbons (Fsp3) is 0.280. The van der Waals surface area contributed by atoms with E-state index in [1.165, 1.54) is 12.8 Å². The zero-order chi connectivity index (χ0) is 21.2. The number of fused-ring (bicyclic) bond motifs is 3. The molecule has 0 spiro atoms. The van der Waals surface area contributed by atoms with Crippen molar-refractivity contribution >= 4 is 21.8 Å². The lowest BCUT2D eigenvalue weighted by atomic mass is 10.1. The number of benzene rings is 3. The van der Waals surface area contributed by atoms with Crippen LogP contribution in [0.1, 0.15) is 19.8 Å². The molecular formula is C25H30N2O3. The molecule has 5 nitrogen and oxygen atoms in total. The van der Waals surface area contributed by atoms with E-state index in [9.17, 15) is 5.11 Å². The number of phenols is 1. The van der Waals surface area contributed by atoms with Gasteiger partial charge in [-0.25, -0.2) is 0 Å². The lowest BCUT2D eigenvalue weighted by molar-refractivity contribution is 0.292. The monoisotopic (exact) mass is 406 g/mol. The summed E-state index contributed by atoms with van der Waals surface area (Å²) in [6.45, 7) is 4.79. The van der Waals surface area contributed by atoms with Crippen LogP contribution in [0.4, 0.5) is 0 Å². The number of unbranched alkanes of at least 4 members (excludes halogenated alkanes) is 1. The molecule has 5 heteroatoms. The number of hydrogen-bond donors (Lipinski definition) is 3. The lowest BCUT2D eigenvalue weighted by Crippen LogP contribution is -2.22. The van der Waals surface area contributed by atoms with Gasteiger partial charge >= 0.3 is 0 Å². The van der Waals surface area contributed by atoms with Crippen LogP contribution in [0.5, 0.6) is 17.2 Å². The van der Waals surface area contributed by atoms with Crippen molar-refractivity contribution in [1.82, 2.24) is 10.3 Å². The van der Waals surface area contributed by atoms with Gasteiger partial charge in [0.25, 0.3) is 0 Å². The average molecular weight is 407 g/mol. The van der Waals surface area contributed by atoms with Crippen molar-refractivity contribution in [3.8, 4) is 17.2 Å². The highest BCUT2D eigenvalue weighted by molar-refractivity contribution is 6.10. The SMILES string of the molecule is CCCCNCCOc1ccccc1OC.Oc1cccc2[nH]c3ccccc3c12. The van der Waals surface area contributed by atoms with Crippen molar-refractivity contribution in [3.05, 3.63) is 66.7 Å². The molecule has 0 unspecified atom stereocenters. The Morgan fingerprint density at radius 3 is 2.40 bits per heavy atom. The van der Waals surface area contributed by atoms with Crippen molar-refractivity contribution in [2.24, 2.45) is 0 Å². The van der Waals surface area contributed by atoms with E-state index in [1.54, 1.807) is 13.2 Å². The molecule has 158 valence electrons. The molecule has 0 aliphatic heterocycles. The highest BCUT2D eigenvalue weighted by Gasteiger charge is 2.06. The number of H-pyrrole nitrogens is 1. The van der Waals surface area contributed by atoms with Crippen LogP contribution in [0, 0.1) is 0 Å². The Morgan fingerprint density at radius 2 is 1.60 bits per heavy atom. The first-order chi connectivity index (χ1) is 14.7. The van der Waals surface area contributed by atoms with E-state index in [0.29, 0.717) is 12.4 Å². The number of para-hydroxylation sites is 3. The summed E-state index contributed by atoms with van der Waals surface area (Å²) in [5.41, 5.74) is 2.04. The normalized spacial score (nSPS) is 10.6. The molecule has 0 amide bonds. The first-order valence-corrected chi connectivity index (χ1v) is 10.4. The highest BCUT2D eigenvalue weighted by Crippen LogP contribution is 2.31. The zero-order valence-electron chi connectivity index (χ0n) is 17.7. The number of methoxy groups -OCH3 is 1.